The number of nitrogens with zero attached hydrogens (tertiary/aromatic N) is 3. The van der Waals surface area contributed by atoms with Crippen LogP contribution in [0.5, 0.6) is 11.6 Å². The second-order valence-corrected chi connectivity index (χ2v) is 6.32. The van der Waals surface area contributed by atoms with Crippen molar-refractivity contribution < 1.29 is 9.53 Å². The Kier molecular flexibility index (Phi) is 5.61. The number of carbonyl (C=O) groups is 1. The van der Waals surface area contributed by atoms with Crippen LogP contribution in [0.4, 0.5) is 11.6 Å². The highest BCUT2D eigenvalue weighted by molar-refractivity contribution is 6.04. The third-order valence-corrected chi connectivity index (χ3v) is 4.27. The van der Waals surface area contributed by atoms with Crippen LogP contribution in [0.2, 0.25) is 0 Å². The number of hydrogen-bond acceptors (Lipinski definition) is 6. The second-order valence-electron chi connectivity index (χ2n) is 6.32. The molecule has 0 aliphatic heterocycles. The van der Waals surface area contributed by atoms with Crippen molar-refractivity contribution in [2.24, 2.45) is 0 Å². The van der Waals surface area contributed by atoms with E-state index in [1.807, 2.05) is 42.5 Å². The first-order valence-corrected chi connectivity index (χ1v) is 9.33. The number of aromatic nitrogens is 3. The summed E-state index contributed by atoms with van der Waals surface area (Å²) in [5.74, 6) is 1.17. The van der Waals surface area contributed by atoms with E-state index in [9.17, 15) is 4.79 Å². The molecule has 0 saturated heterocycles. The van der Waals surface area contributed by atoms with Crippen molar-refractivity contribution in [3.8, 4) is 22.9 Å². The van der Waals surface area contributed by atoms with Crippen molar-refractivity contribution in [2.45, 2.75) is 0 Å². The first kappa shape index (κ1) is 19.1. The van der Waals surface area contributed by atoms with E-state index in [4.69, 9.17) is 4.74 Å². The number of hydrogen-bond donors (Lipinski definition) is 2. The summed E-state index contributed by atoms with van der Waals surface area (Å²) in [6.07, 6.45) is 3.31. The van der Waals surface area contributed by atoms with Gasteiger partial charge in [-0.2, -0.15) is 0 Å². The SMILES string of the molecule is CNc1nccc(-c2cccnc2Oc2cccc(C(=O)Nc3ccccc3)c2)n1. The summed E-state index contributed by atoms with van der Waals surface area (Å²) >= 11 is 0. The van der Waals surface area contributed by atoms with Crippen LogP contribution in [-0.4, -0.2) is 27.9 Å². The maximum absolute atomic E-state index is 12.6. The summed E-state index contributed by atoms with van der Waals surface area (Å²) in [6.45, 7) is 0. The average molecular weight is 397 g/mol. The molecule has 0 spiro atoms. The van der Waals surface area contributed by atoms with Gasteiger partial charge in [0, 0.05) is 30.7 Å². The Balaban J connectivity index is 1.58. The molecule has 4 aromatic rings. The molecule has 7 heteroatoms. The normalized spacial score (nSPS) is 10.3. The fourth-order valence-corrected chi connectivity index (χ4v) is 2.83. The van der Waals surface area contributed by atoms with Gasteiger partial charge in [-0.3, -0.25) is 4.79 Å². The van der Waals surface area contributed by atoms with Crippen molar-refractivity contribution in [1.29, 1.82) is 0 Å². The summed E-state index contributed by atoms with van der Waals surface area (Å²) < 4.78 is 6.01. The summed E-state index contributed by atoms with van der Waals surface area (Å²) in [5, 5.41) is 5.78. The lowest BCUT2D eigenvalue weighted by atomic mass is 10.2. The Labute approximate surface area is 173 Å². The molecule has 0 bridgehead atoms. The van der Waals surface area contributed by atoms with E-state index in [-0.39, 0.29) is 5.91 Å². The Bertz CT molecular complexity index is 1160. The minimum absolute atomic E-state index is 0.220. The van der Waals surface area contributed by atoms with Crippen LogP contribution in [-0.2, 0) is 0 Å². The average Bonchev–Trinajstić information content (AvgIpc) is 2.80. The summed E-state index contributed by atoms with van der Waals surface area (Å²) in [6, 6.07) is 21.7. The zero-order valence-electron chi connectivity index (χ0n) is 16.2. The molecule has 0 aliphatic rings. The van der Waals surface area contributed by atoms with Crippen LogP contribution in [0.1, 0.15) is 10.4 Å². The molecule has 4 rings (SSSR count). The number of para-hydroxylation sites is 1. The first-order chi connectivity index (χ1) is 14.7. The predicted octanol–water partition coefficient (Wildman–Crippen LogP) is 4.62. The molecule has 0 fully saturated rings. The number of nitrogens with one attached hydrogen (secondary N) is 2. The Hall–Kier alpha value is -4.26. The van der Waals surface area contributed by atoms with Gasteiger partial charge in [0.2, 0.25) is 11.8 Å². The van der Waals surface area contributed by atoms with Crippen LogP contribution in [0.25, 0.3) is 11.3 Å². The van der Waals surface area contributed by atoms with Gasteiger partial charge in [-0.25, -0.2) is 15.0 Å². The molecule has 2 aromatic heterocycles. The standard InChI is InChI=1S/C23H19N5O2/c1-24-23-26-14-12-20(28-23)19-11-6-13-25-22(19)30-18-10-5-7-16(15-18)21(29)27-17-8-3-2-4-9-17/h2-15H,1H3,(H,27,29)(H,24,26,28). The fraction of sp³-hybridized carbons (Fsp3) is 0.0435. The smallest absolute Gasteiger partial charge is 0.255 e. The van der Waals surface area contributed by atoms with E-state index in [1.165, 1.54) is 0 Å². The van der Waals surface area contributed by atoms with Crippen molar-refractivity contribution in [2.75, 3.05) is 17.7 Å². The van der Waals surface area contributed by atoms with Crippen molar-refractivity contribution in [1.82, 2.24) is 15.0 Å². The zero-order chi connectivity index (χ0) is 20.8. The third kappa shape index (κ3) is 4.41. The number of carbonyl (C=O) groups excluding carboxylic acids is 1. The van der Waals surface area contributed by atoms with Crippen LogP contribution in [0.3, 0.4) is 0 Å². The molecular weight excluding hydrogens is 378 g/mol. The summed E-state index contributed by atoms with van der Waals surface area (Å²) in [7, 11) is 1.76. The fourth-order valence-electron chi connectivity index (χ4n) is 2.83. The van der Waals surface area contributed by atoms with E-state index in [0.717, 1.165) is 11.3 Å². The number of ether oxygens (including phenoxy) is 1. The number of benzene rings is 2. The number of rotatable bonds is 6. The first-order valence-electron chi connectivity index (χ1n) is 9.33. The third-order valence-electron chi connectivity index (χ3n) is 4.27. The Morgan fingerprint density at radius 1 is 0.900 bits per heavy atom. The van der Waals surface area contributed by atoms with Gasteiger partial charge in [-0.05, 0) is 48.5 Å². The molecule has 0 saturated carbocycles. The predicted molar refractivity (Wildman–Crippen MR) is 116 cm³/mol. The van der Waals surface area contributed by atoms with Gasteiger partial charge in [0.15, 0.2) is 0 Å². The number of anilines is 2. The van der Waals surface area contributed by atoms with E-state index in [1.54, 1.807) is 49.8 Å². The minimum atomic E-state index is -0.220. The molecule has 1 amide bonds. The molecule has 7 nitrogen and oxygen atoms in total. The lowest BCUT2D eigenvalue weighted by molar-refractivity contribution is 0.102. The summed E-state index contributed by atoms with van der Waals surface area (Å²) in [5.41, 5.74) is 2.60. The van der Waals surface area contributed by atoms with Crippen LogP contribution in [0.15, 0.2) is 85.2 Å². The zero-order valence-corrected chi connectivity index (χ0v) is 16.2. The molecule has 2 heterocycles. The van der Waals surface area contributed by atoms with Gasteiger partial charge in [0.05, 0.1) is 11.3 Å². The van der Waals surface area contributed by atoms with Gasteiger partial charge in [0.25, 0.3) is 5.91 Å². The minimum Gasteiger partial charge on any atom is -0.438 e. The highest BCUT2D eigenvalue weighted by atomic mass is 16.5. The number of pyridine rings is 1. The lowest BCUT2D eigenvalue weighted by Gasteiger charge is -2.11. The van der Waals surface area contributed by atoms with Gasteiger partial charge < -0.3 is 15.4 Å². The van der Waals surface area contributed by atoms with Crippen LogP contribution in [0, 0.1) is 0 Å². The quantitative estimate of drug-likeness (QED) is 0.493. The van der Waals surface area contributed by atoms with Gasteiger partial charge >= 0.3 is 0 Å². The van der Waals surface area contributed by atoms with E-state index < -0.39 is 0 Å². The molecule has 30 heavy (non-hydrogen) atoms. The van der Waals surface area contributed by atoms with E-state index in [2.05, 4.69) is 25.6 Å². The maximum Gasteiger partial charge on any atom is 0.255 e. The summed E-state index contributed by atoms with van der Waals surface area (Å²) in [4.78, 5) is 25.5. The molecule has 0 unspecified atom stereocenters. The van der Waals surface area contributed by atoms with Crippen LogP contribution >= 0.6 is 0 Å². The van der Waals surface area contributed by atoms with Gasteiger partial charge in [0.1, 0.15) is 5.75 Å². The largest absolute Gasteiger partial charge is 0.438 e. The molecule has 0 atom stereocenters. The molecule has 2 aromatic carbocycles. The molecule has 148 valence electrons. The number of amides is 1. The highest BCUT2D eigenvalue weighted by Crippen LogP contribution is 2.30. The molecular formula is C23H19N5O2. The van der Waals surface area contributed by atoms with Crippen molar-refractivity contribution in [3.05, 3.63) is 90.8 Å². The van der Waals surface area contributed by atoms with Gasteiger partial charge in [-0.15, -0.1) is 0 Å². The van der Waals surface area contributed by atoms with Gasteiger partial charge in [-0.1, -0.05) is 24.3 Å². The van der Waals surface area contributed by atoms with E-state index in [0.29, 0.717) is 28.8 Å². The second kappa shape index (κ2) is 8.83. The topological polar surface area (TPSA) is 89.0 Å². The van der Waals surface area contributed by atoms with Crippen LogP contribution < -0.4 is 15.4 Å². The monoisotopic (exact) mass is 397 g/mol. The Morgan fingerprint density at radius 2 is 1.77 bits per heavy atom. The van der Waals surface area contributed by atoms with Crippen molar-refractivity contribution in [3.63, 3.8) is 0 Å². The maximum atomic E-state index is 12.6. The van der Waals surface area contributed by atoms with Crippen molar-refractivity contribution >= 4 is 17.5 Å². The Morgan fingerprint density at radius 3 is 2.60 bits per heavy atom. The molecule has 0 aliphatic carbocycles. The van der Waals surface area contributed by atoms with E-state index >= 15 is 0 Å². The molecule has 0 radical (unpaired) electrons. The lowest BCUT2D eigenvalue weighted by Crippen LogP contribution is -2.11. The highest BCUT2D eigenvalue weighted by Gasteiger charge is 2.12. The molecule has 2 N–H and O–H groups in total.